The normalized spacial score (nSPS) is 1.50. The van der Waals surface area contributed by atoms with Crippen LogP contribution in [-0.2, 0) is 21.8 Å². The van der Waals surface area contributed by atoms with Gasteiger partial charge in [0.25, 0.3) is 0 Å². The van der Waals surface area contributed by atoms with Gasteiger partial charge in [0, 0.05) is 0 Å². The van der Waals surface area contributed by atoms with Crippen molar-refractivity contribution < 1.29 is 31.2 Å². The zero-order valence-electron chi connectivity index (χ0n) is 1.93. The molecule has 4 heavy (non-hydrogen) atoms. The van der Waals surface area contributed by atoms with E-state index in [9.17, 15) is 0 Å². The van der Waals surface area contributed by atoms with Crippen molar-refractivity contribution in [2.45, 2.75) is 0 Å². The Labute approximate surface area is 32.1 Å². The van der Waals surface area contributed by atoms with E-state index in [1.54, 1.807) is 0 Å². The summed E-state index contributed by atoms with van der Waals surface area (Å²) >= 11 is 0.125. The van der Waals surface area contributed by atoms with Crippen molar-refractivity contribution in [2.24, 2.45) is 0 Å². The van der Waals surface area contributed by atoms with Crippen molar-refractivity contribution in [1.82, 2.24) is 0 Å². The fraction of sp³-hybridized carbons (Fsp3) is 0. The van der Waals surface area contributed by atoms with E-state index in [0.717, 1.165) is 0 Å². The third-order valence-electron chi connectivity index (χ3n) is 0. The molecule has 0 aliphatic rings. The standard InChI is InChI=1S/2FH.O.Zn/h2*1H;;. The van der Waals surface area contributed by atoms with Crippen LogP contribution in [0.5, 0.6) is 0 Å². The van der Waals surface area contributed by atoms with Gasteiger partial charge in [-0.25, -0.2) is 0 Å². The summed E-state index contributed by atoms with van der Waals surface area (Å²) < 4.78 is 8.38. The zero-order chi connectivity index (χ0) is 2.00. The second kappa shape index (κ2) is 213. The summed E-state index contributed by atoms with van der Waals surface area (Å²) in [6.45, 7) is 0. The van der Waals surface area contributed by atoms with Crippen molar-refractivity contribution in [3.05, 3.63) is 0 Å². The molecule has 24 valence electrons. The third-order valence-corrected chi connectivity index (χ3v) is 0. The summed E-state index contributed by atoms with van der Waals surface area (Å²) in [4.78, 5) is 0. The minimum atomic E-state index is 0. The first kappa shape index (κ1) is 28.0. The molecule has 0 aromatic rings. The summed E-state index contributed by atoms with van der Waals surface area (Å²) in [6, 6.07) is 0. The molecule has 1 nitrogen and oxygen atoms in total. The van der Waals surface area contributed by atoms with E-state index in [-0.39, 0.29) is 27.7 Å². The summed E-state index contributed by atoms with van der Waals surface area (Å²) in [6.07, 6.45) is 0. The molecule has 0 unspecified atom stereocenters. The molecule has 0 saturated carbocycles. The van der Waals surface area contributed by atoms with Gasteiger partial charge < -0.3 is 0 Å². The fourth-order valence-corrected chi connectivity index (χ4v) is 0. The maximum atomic E-state index is 8.38. The molecule has 0 amide bonds. The van der Waals surface area contributed by atoms with Crippen LogP contribution in [0.1, 0.15) is 0 Å². The van der Waals surface area contributed by atoms with Gasteiger partial charge in [-0.2, -0.15) is 0 Å². The summed E-state index contributed by atoms with van der Waals surface area (Å²) in [5.41, 5.74) is 0. The zero-order valence-corrected chi connectivity index (χ0v) is 4.90. The molecule has 0 spiro atoms. The number of halogens is 2. The number of hydrogen-bond acceptors (Lipinski definition) is 1. The molecule has 0 N–H and O–H groups in total. The van der Waals surface area contributed by atoms with E-state index in [1.165, 1.54) is 0 Å². The van der Waals surface area contributed by atoms with Crippen molar-refractivity contribution in [1.29, 1.82) is 0 Å². The Balaban J connectivity index is -0.00000000500. The fourth-order valence-electron chi connectivity index (χ4n) is 0. The molecule has 0 atom stereocenters. The van der Waals surface area contributed by atoms with Crippen LogP contribution in [0.3, 0.4) is 0 Å². The van der Waals surface area contributed by atoms with Gasteiger partial charge in [0.15, 0.2) is 0 Å². The minimum absolute atomic E-state index is 0. The molecule has 0 fully saturated rings. The molecule has 0 bridgehead atoms. The first-order chi connectivity index (χ1) is 1.00. The van der Waals surface area contributed by atoms with Gasteiger partial charge in [0.05, 0.1) is 0 Å². The number of rotatable bonds is 0. The van der Waals surface area contributed by atoms with Crippen LogP contribution in [0.2, 0.25) is 0 Å². The van der Waals surface area contributed by atoms with E-state index in [0.29, 0.717) is 0 Å². The van der Waals surface area contributed by atoms with Gasteiger partial charge >= 0.3 is 21.8 Å². The van der Waals surface area contributed by atoms with Crippen LogP contribution in [-0.4, -0.2) is 0 Å². The Hall–Kier alpha value is 0.283. The molecule has 0 aromatic carbocycles. The average molecular weight is 121 g/mol. The molecule has 0 aromatic heterocycles. The first-order valence-electron chi connectivity index (χ1n) is 0.289. The Morgan fingerprint density at radius 1 is 1.00 bits per heavy atom. The maximum absolute atomic E-state index is 8.38. The molecule has 4 heteroatoms. The monoisotopic (exact) mass is 120 g/mol. The second-order valence-corrected chi connectivity index (χ2v) is 0. The van der Waals surface area contributed by atoms with Crippen LogP contribution < -0.4 is 0 Å². The first-order valence-corrected chi connectivity index (χ1v) is 1.50. The summed E-state index contributed by atoms with van der Waals surface area (Å²) in [7, 11) is 0. The Bertz CT molecular complexity index is 6.00. The average Bonchev–Trinajstić information content (AvgIpc) is 1.00. The SMILES string of the molecule is F.F.[O]=[Zn]. The van der Waals surface area contributed by atoms with Crippen LogP contribution >= 0.6 is 0 Å². The quantitative estimate of drug-likeness (QED) is 0.418. The van der Waals surface area contributed by atoms with Crippen LogP contribution in [0.15, 0.2) is 0 Å². The molecule has 0 aliphatic carbocycles. The van der Waals surface area contributed by atoms with Crippen LogP contribution in [0.4, 0.5) is 9.41 Å². The molecule has 0 aliphatic heterocycles. The van der Waals surface area contributed by atoms with Crippen molar-refractivity contribution >= 4 is 0 Å². The van der Waals surface area contributed by atoms with Gasteiger partial charge in [-0.05, 0) is 0 Å². The van der Waals surface area contributed by atoms with Crippen molar-refractivity contribution in [3.8, 4) is 0 Å². The third kappa shape index (κ3) is 46.8. The number of hydrogen-bond donors (Lipinski definition) is 0. The van der Waals surface area contributed by atoms with Gasteiger partial charge in [-0.15, -0.1) is 0 Å². The van der Waals surface area contributed by atoms with E-state index >= 15 is 0 Å². The van der Waals surface area contributed by atoms with Gasteiger partial charge in [-0.3, -0.25) is 9.41 Å². The second-order valence-electron chi connectivity index (χ2n) is 0. The van der Waals surface area contributed by atoms with E-state index in [2.05, 4.69) is 0 Å². The predicted octanol–water partition coefficient (Wildman–Crippen LogP) is 0.184. The topological polar surface area (TPSA) is 17.1 Å². The predicted molar refractivity (Wildman–Crippen MR) is 5.69 cm³/mol. The molecule has 0 rings (SSSR count). The molecule has 0 saturated heterocycles. The summed E-state index contributed by atoms with van der Waals surface area (Å²) in [5, 5.41) is 0. The van der Waals surface area contributed by atoms with Gasteiger partial charge in [-0.1, -0.05) is 0 Å². The molecular weight excluding hydrogens is 119 g/mol. The van der Waals surface area contributed by atoms with Crippen molar-refractivity contribution in [3.63, 3.8) is 0 Å². The molecule has 0 radical (unpaired) electrons. The van der Waals surface area contributed by atoms with Crippen molar-refractivity contribution in [2.75, 3.05) is 0 Å². The molecular formula is H2F2OZn. The Morgan fingerprint density at radius 3 is 1.00 bits per heavy atom. The van der Waals surface area contributed by atoms with E-state index < -0.39 is 0 Å². The van der Waals surface area contributed by atoms with Crippen LogP contribution in [0.25, 0.3) is 0 Å². The Kier molecular flexibility index (Phi) is 1490. The van der Waals surface area contributed by atoms with E-state index in [4.69, 9.17) is 3.57 Å². The van der Waals surface area contributed by atoms with Gasteiger partial charge in [0.2, 0.25) is 0 Å². The van der Waals surface area contributed by atoms with Crippen LogP contribution in [0, 0.1) is 0 Å². The van der Waals surface area contributed by atoms with E-state index in [1.807, 2.05) is 0 Å². The van der Waals surface area contributed by atoms with Gasteiger partial charge in [0.1, 0.15) is 0 Å². The Morgan fingerprint density at radius 2 is 1.00 bits per heavy atom. The molecule has 0 heterocycles. The summed E-state index contributed by atoms with van der Waals surface area (Å²) in [5.74, 6) is 0.